The average Bonchev–Trinajstić information content (AvgIpc) is 2.90. The van der Waals surface area contributed by atoms with Crippen molar-refractivity contribution in [3.8, 4) is 22.4 Å². The van der Waals surface area contributed by atoms with Gasteiger partial charge in [-0.05, 0) is 25.1 Å². The highest BCUT2D eigenvalue weighted by Crippen LogP contribution is 2.31. The molecule has 0 aliphatic carbocycles. The zero-order chi connectivity index (χ0) is 16.1. The molecule has 22 heavy (non-hydrogen) atoms. The maximum Gasteiger partial charge on any atom is 0.347 e. The number of carbonyl (C=O) groups is 1. The molecule has 0 saturated carbocycles. The Morgan fingerprint density at radius 1 is 1.50 bits per heavy atom. The number of ether oxygens (including phenoxy) is 1. The van der Waals surface area contributed by atoms with Crippen molar-refractivity contribution in [1.29, 1.82) is 5.26 Å². The van der Waals surface area contributed by atoms with Crippen LogP contribution in [-0.2, 0) is 0 Å². The van der Waals surface area contributed by atoms with Crippen molar-refractivity contribution in [3.05, 3.63) is 34.3 Å². The quantitative estimate of drug-likeness (QED) is 0.793. The summed E-state index contributed by atoms with van der Waals surface area (Å²) in [7, 11) is 0. The molecule has 1 heterocycles. The molecular weight excluding hydrogens is 304 g/mol. The molecule has 2 aromatic rings. The Balaban J connectivity index is 2.31. The molecule has 6 nitrogen and oxygen atoms in total. The van der Waals surface area contributed by atoms with Gasteiger partial charge in [0.05, 0.1) is 17.9 Å². The van der Waals surface area contributed by atoms with E-state index in [1.165, 1.54) is 0 Å². The van der Waals surface area contributed by atoms with Crippen molar-refractivity contribution in [3.63, 3.8) is 0 Å². The Hall–Kier alpha value is -2.43. The number of carboxylic acid groups (broad SMARTS) is 1. The summed E-state index contributed by atoms with van der Waals surface area (Å²) < 4.78 is 5.43. The molecule has 114 valence electrons. The Bertz CT molecular complexity index is 734. The van der Waals surface area contributed by atoms with Gasteiger partial charge in [0.25, 0.3) is 0 Å². The zero-order valence-electron chi connectivity index (χ0n) is 11.9. The van der Waals surface area contributed by atoms with Crippen LogP contribution in [0.2, 0.25) is 0 Å². The van der Waals surface area contributed by atoms with E-state index in [1.54, 1.807) is 25.1 Å². The number of hydrogen-bond acceptors (Lipinski definition) is 6. The molecule has 0 atom stereocenters. The first-order valence-electron chi connectivity index (χ1n) is 6.55. The summed E-state index contributed by atoms with van der Waals surface area (Å²) in [6, 6.07) is 7.06. The number of benzene rings is 1. The minimum Gasteiger partial charge on any atom is -0.492 e. The van der Waals surface area contributed by atoms with Gasteiger partial charge in [0.1, 0.15) is 21.7 Å². The number of thiazole rings is 1. The van der Waals surface area contributed by atoms with Crippen LogP contribution in [0.25, 0.3) is 10.6 Å². The molecule has 0 spiro atoms. The van der Waals surface area contributed by atoms with E-state index in [0.717, 1.165) is 11.3 Å². The number of aliphatic hydroxyl groups is 1. The van der Waals surface area contributed by atoms with Crippen molar-refractivity contribution >= 4 is 17.3 Å². The molecule has 0 saturated heterocycles. The van der Waals surface area contributed by atoms with Crippen LogP contribution >= 0.6 is 11.3 Å². The van der Waals surface area contributed by atoms with Crippen molar-refractivity contribution in [1.82, 2.24) is 4.98 Å². The number of rotatable bonds is 6. The lowest BCUT2D eigenvalue weighted by Gasteiger charge is -2.07. The fourth-order valence-electron chi connectivity index (χ4n) is 1.84. The molecule has 1 aromatic carbocycles. The molecule has 0 fully saturated rings. The molecule has 0 radical (unpaired) electrons. The van der Waals surface area contributed by atoms with Crippen molar-refractivity contribution < 1.29 is 19.7 Å². The van der Waals surface area contributed by atoms with Gasteiger partial charge in [-0.3, -0.25) is 0 Å². The average molecular weight is 318 g/mol. The first-order valence-corrected chi connectivity index (χ1v) is 7.37. The minimum absolute atomic E-state index is 0.0241. The standard InChI is InChI=1S/C15H14N2O4S/c1-9-13(15(19)20)22-14(17-9)10-3-4-12(11(7-10)8-16)21-6-2-5-18/h3-4,7,18H,2,5-6H2,1H3,(H,19,20). The van der Waals surface area contributed by atoms with Crippen molar-refractivity contribution in [2.24, 2.45) is 0 Å². The van der Waals surface area contributed by atoms with Crippen LogP contribution in [0, 0.1) is 18.3 Å². The number of aromatic carboxylic acids is 1. The number of nitrogens with zero attached hydrogens (tertiary/aromatic N) is 2. The molecule has 1 aromatic heterocycles. The van der Waals surface area contributed by atoms with E-state index in [0.29, 0.717) is 40.6 Å². The summed E-state index contributed by atoms with van der Waals surface area (Å²) in [5, 5.41) is 27.6. The van der Waals surface area contributed by atoms with E-state index in [2.05, 4.69) is 4.98 Å². The van der Waals surface area contributed by atoms with Gasteiger partial charge in [-0.2, -0.15) is 5.26 Å². The number of nitriles is 1. The SMILES string of the molecule is Cc1nc(-c2ccc(OCCCO)c(C#N)c2)sc1C(=O)O. The van der Waals surface area contributed by atoms with Gasteiger partial charge in [0.15, 0.2) is 0 Å². The molecule has 0 amide bonds. The fourth-order valence-corrected chi connectivity index (χ4v) is 2.74. The first-order chi connectivity index (χ1) is 10.6. The summed E-state index contributed by atoms with van der Waals surface area (Å²) in [6.45, 7) is 1.99. The predicted octanol–water partition coefficient (Wildman–Crippen LogP) is 2.45. The number of hydrogen-bond donors (Lipinski definition) is 2. The highest BCUT2D eigenvalue weighted by atomic mass is 32.1. The maximum atomic E-state index is 11.1. The van der Waals surface area contributed by atoms with Gasteiger partial charge in [0, 0.05) is 18.6 Å². The largest absolute Gasteiger partial charge is 0.492 e. The highest BCUT2D eigenvalue weighted by molar-refractivity contribution is 7.17. The first kappa shape index (κ1) is 15.9. The Kier molecular flexibility index (Phi) is 5.09. The van der Waals surface area contributed by atoms with Crippen LogP contribution in [0.3, 0.4) is 0 Å². The number of carboxylic acids is 1. The maximum absolute atomic E-state index is 11.1. The van der Waals surface area contributed by atoms with Gasteiger partial charge in [-0.1, -0.05) is 0 Å². The molecule has 2 N–H and O–H groups in total. The number of aryl methyl sites for hydroxylation is 1. The number of aliphatic hydroxyl groups excluding tert-OH is 1. The van der Waals surface area contributed by atoms with Gasteiger partial charge in [0.2, 0.25) is 0 Å². The van der Waals surface area contributed by atoms with Gasteiger partial charge in [-0.25, -0.2) is 9.78 Å². The van der Waals surface area contributed by atoms with Crippen LogP contribution in [-0.4, -0.2) is 34.4 Å². The smallest absolute Gasteiger partial charge is 0.347 e. The van der Waals surface area contributed by atoms with Crippen LogP contribution in [0.1, 0.15) is 27.3 Å². The Morgan fingerprint density at radius 2 is 2.27 bits per heavy atom. The van der Waals surface area contributed by atoms with Gasteiger partial charge in [-0.15, -0.1) is 11.3 Å². The van der Waals surface area contributed by atoms with Crippen LogP contribution in [0.5, 0.6) is 5.75 Å². The van der Waals surface area contributed by atoms with Gasteiger partial charge < -0.3 is 14.9 Å². The molecule has 2 rings (SSSR count). The lowest BCUT2D eigenvalue weighted by Crippen LogP contribution is -2.01. The summed E-state index contributed by atoms with van der Waals surface area (Å²) in [5.74, 6) is -0.572. The molecular formula is C15H14N2O4S. The molecule has 0 aliphatic rings. The summed E-state index contributed by atoms with van der Waals surface area (Å²) in [4.78, 5) is 15.5. The second kappa shape index (κ2) is 7.02. The van der Waals surface area contributed by atoms with Crippen molar-refractivity contribution in [2.45, 2.75) is 13.3 Å². The second-order valence-corrected chi connectivity index (χ2v) is 5.49. The lowest BCUT2D eigenvalue weighted by molar-refractivity contribution is 0.0701. The summed E-state index contributed by atoms with van der Waals surface area (Å²) in [5.41, 5.74) is 1.47. The van der Waals surface area contributed by atoms with Crippen LogP contribution in [0.4, 0.5) is 0 Å². The summed E-state index contributed by atoms with van der Waals surface area (Å²) in [6.07, 6.45) is 0.486. The van der Waals surface area contributed by atoms with E-state index in [1.807, 2.05) is 6.07 Å². The van der Waals surface area contributed by atoms with Crippen LogP contribution < -0.4 is 4.74 Å². The predicted molar refractivity (Wildman–Crippen MR) is 81.2 cm³/mol. The molecule has 0 aliphatic heterocycles. The molecule has 0 unspecified atom stereocenters. The van der Waals surface area contributed by atoms with Gasteiger partial charge >= 0.3 is 5.97 Å². The second-order valence-electron chi connectivity index (χ2n) is 4.49. The Morgan fingerprint density at radius 3 is 2.86 bits per heavy atom. The van der Waals surface area contributed by atoms with E-state index in [4.69, 9.17) is 14.9 Å². The topological polar surface area (TPSA) is 103 Å². The summed E-state index contributed by atoms with van der Waals surface area (Å²) >= 11 is 1.07. The molecule has 0 bridgehead atoms. The van der Waals surface area contributed by atoms with Crippen molar-refractivity contribution in [2.75, 3.05) is 13.2 Å². The zero-order valence-corrected chi connectivity index (χ0v) is 12.7. The Labute approximate surface area is 131 Å². The third-order valence-corrected chi connectivity index (χ3v) is 4.09. The molecule has 7 heteroatoms. The minimum atomic E-state index is -1.01. The number of aromatic nitrogens is 1. The van der Waals surface area contributed by atoms with Crippen LogP contribution in [0.15, 0.2) is 18.2 Å². The monoisotopic (exact) mass is 318 g/mol. The van der Waals surface area contributed by atoms with E-state index in [9.17, 15) is 10.1 Å². The van der Waals surface area contributed by atoms with E-state index < -0.39 is 5.97 Å². The lowest BCUT2D eigenvalue weighted by atomic mass is 10.1. The third kappa shape index (κ3) is 3.42. The van der Waals surface area contributed by atoms with E-state index in [-0.39, 0.29) is 11.5 Å². The fraction of sp³-hybridized carbons (Fsp3) is 0.267. The van der Waals surface area contributed by atoms with E-state index >= 15 is 0 Å². The normalized spacial score (nSPS) is 10.2. The third-order valence-electron chi connectivity index (χ3n) is 2.90. The highest BCUT2D eigenvalue weighted by Gasteiger charge is 2.16.